The molecule has 2 N–H and O–H groups in total. The summed E-state index contributed by atoms with van der Waals surface area (Å²) in [4.78, 5) is 7.36. The molecule has 6 heteroatoms. The van der Waals surface area contributed by atoms with E-state index in [1.807, 2.05) is 31.2 Å². The zero-order chi connectivity index (χ0) is 20.0. The number of imidazole rings is 1. The second kappa shape index (κ2) is 8.17. The van der Waals surface area contributed by atoms with Crippen molar-refractivity contribution in [2.24, 2.45) is 0 Å². The van der Waals surface area contributed by atoms with Gasteiger partial charge in [0, 0.05) is 18.2 Å². The van der Waals surface area contributed by atoms with Crippen LogP contribution in [0, 0.1) is 18.6 Å². The number of nitrogens with zero attached hydrogens (tertiary/aromatic N) is 1. The molecule has 3 nitrogen and oxygen atoms in total. The lowest BCUT2D eigenvalue weighted by Gasteiger charge is -2.14. The fraction of sp³-hybridized carbons (Fsp3) is 0.208. The average molecular weight is 426 g/mol. The first-order chi connectivity index (χ1) is 14.1. The fourth-order valence-corrected chi connectivity index (χ4v) is 4.34. The topological polar surface area (TPSA) is 40.7 Å². The first-order valence-corrected chi connectivity index (χ1v) is 9.81. The molecule has 0 bridgehead atoms. The van der Waals surface area contributed by atoms with Gasteiger partial charge in [-0.15, -0.1) is 12.4 Å². The van der Waals surface area contributed by atoms with Gasteiger partial charge in [0.15, 0.2) is 0 Å². The third-order valence-corrected chi connectivity index (χ3v) is 5.92. The van der Waals surface area contributed by atoms with E-state index in [-0.39, 0.29) is 30.6 Å². The largest absolute Gasteiger partial charge is 0.345 e. The summed E-state index contributed by atoms with van der Waals surface area (Å²) in [5.74, 6) is -1.05. The highest BCUT2D eigenvalue weighted by atomic mass is 35.5. The maximum atomic E-state index is 14.8. The van der Waals surface area contributed by atoms with Gasteiger partial charge in [-0.05, 0) is 65.8 Å². The van der Waals surface area contributed by atoms with Crippen molar-refractivity contribution in [2.45, 2.75) is 32.4 Å². The highest BCUT2D eigenvalue weighted by Crippen LogP contribution is 2.31. The molecule has 0 radical (unpaired) electrons. The number of fused-ring (bicyclic) bond motifs is 2. The Morgan fingerprint density at radius 3 is 2.37 bits per heavy atom. The van der Waals surface area contributed by atoms with Crippen molar-refractivity contribution in [1.82, 2.24) is 15.3 Å². The van der Waals surface area contributed by atoms with Gasteiger partial charge in [0.2, 0.25) is 0 Å². The van der Waals surface area contributed by atoms with E-state index < -0.39 is 11.6 Å². The number of aryl methyl sites for hydroxylation is 1. The molecule has 1 aliphatic carbocycles. The minimum absolute atomic E-state index is 0. The number of hydrogen-bond acceptors (Lipinski definition) is 2. The molecule has 4 aromatic rings. The van der Waals surface area contributed by atoms with Gasteiger partial charge in [-0.2, -0.15) is 0 Å². The van der Waals surface area contributed by atoms with Crippen LogP contribution >= 0.6 is 12.4 Å². The lowest BCUT2D eigenvalue weighted by Crippen LogP contribution is -2.29. The Kier molecular flexibility index (Phi) is 5.58. The van der Waals surface area contributed by atoms with Crippen LogP contribution in [-0.4, -0.2) is 16.0 Å². The number of nitrogens with one attached hydrogen (secondary N) is 2. The van der Waals surface area contributed by atoms with Crippen molar-refractivity contribution in [1.29, 1.82) is 0 Å². The maximum Gasteiger partial charge on any atom is 0.131 e. The standard InChI is InChI=1S/C24H21F2N3.ClH/c1-14-19(6-7-23-24(14)29-13-28-23)17-10-21(25)20(22(26)11-17)12-27-18-8-15-4-2-3-5-16(15)9-18;/h2-7,10-11,13,18,27H,8-9,12H2,1H3,(H,28,29);1H. The second-order valence-electron chi connectivity index (χ2n) is 7.71. The Hall–Kier alpha value is -2.76. The molecule has 1 aliphatic rings. The summed E-state index contributed by atoms with van der Waals surface area (Å²) >= 11 is 0. The third-order valence-electron chi connectivity index (χ3n) is 5.92. The molecule has 3 aromatic carbocycles. The first-order valence-electron chi connectivity index (χ1n) is 9.81. The number of benzene rings is 3. The number of H-pyrrole nitrogens is 1. The van der Waals surface area contributed by atoms with Crippen LogP contribution in [0.1, 0.15) is 22.3 Å². The van der Waals surface area contributed by atoms with E-state index in [2.05, 4.69) is 27.4 Å². The summed E-state index contributed by atoms with van der Waals surface area (Å²) in [7, 11) is 0. The summed E-state index contributed by atoms with van der Waals surface area (Å²) in [5, 5.41) is 3.32. The highest BCUT2D eigenvalue weighted by molar-refractivity contribution is 5.86. The van der Waals surface area contributed by atoms with E-state index >= 15 is 0 Å². The first kappa shape index (κ1) is 20.5. The predicted molar refractivity (Wildman–Crippen MR) is 118 cm³/mol. The van der Waals surface area contributed by atoms with Crippen LogP contribution in [-0.2, 0) is 19.4 Å². The van der Waals surface area contributed by atoms with Crippen molar-refractivity contribution >= 4 is 23.4 Å². The van der Waals surface area contributed by atoms with Crippen LogP contribution < -0.4 is 5.32 Å². The van der Waals surface area contributed by atoms with Crippen LogP contribution in [0.3, 0.4) is 0 Å². The van der Waals surface area contributed by atoms with Gasteiger partial charge in [-0.25, -0.2) is 13.8 Å². The van der Waals surface area contributed by atoms with Crippen LogP contribution in [0.5, 0.6) is 0 Å². The van der Waals surface area contributed by atoms with Crippen molar-refractivity contribution in [3.05, 3.63) is 88.7 Å². The third kappa shape index (κ3) is 3.59. The van der Waals surface area contributed by atoms with Crippen molar-refractivity contribution < 1.29 is 8.78 Å². The number of aromatic amines is 1. The van der Waals surface area contributed by atoms with E-state index in [1.54, 1.807) is 6.33 Å². The maximum absolute atomic E-state index is 14.8. The lowest BCUT2D eigenvalue weighted by molar-refractivity contribution is 0.492. The average Bonchev–Trinajstić information content (AvgIpc) is 3.34. The molecule has 0 unspecified atom stereocenters. The molecule has 30 heavy (non-hydrogen) atoms. The van der Waals surface area contributed by atoms with Gasteiger partial charge in [0.05, 0.1) is 17.4 Å². The molecule has 1 heterocycles. The highest BCUT2D eigenvalue weighted by Gasteiger charge is 2.22. The van der Waals surface area contributed by atoms with Gasteiger partial charge in [0.25, 0.3) is 0 Å². The van der Waals surface area contributed by atoms with E-state index in [1.165, 1.54) is 23.3 Å². The van der Waals surface area contributed by atoms with Crippen LogP contribution in [0.4, 0.5) is 8.78 Å². The normalized spacial score (nSPS) is 13.4. The SMILES string of the molecule is Cc1c(-c2cc(F)c(CNC3Cc4ccccc4C3)c(F)c2)ccc2[nH]cnc12.Cl. The minimum atomic E-state index is -0.524. The fourth-order valence-electron chi connectivity index (χ4n) is 4.34. The summed E-state index contributed by atoms with van der Waals surface area (Å²) in [6.07, 6.45) is 3.40. The van der Waals surface area contributed by atoms with Gasteiger partial charge in [-0.3, -0.25) is 0 Å². The number of halogens is 3. The van der Waals surface area contributed by atoms with Crippen LogP contribution in [0.2, 0.25) is 0 Å². The van der Waals surface area contributed by atoms with Crippen LogP contribution in [0.15, 0.2) is 54.9 Å². The monoisotopic (exact) mass is 425 g/mol. The van der Waals surface area contributed by atoms with Crippen molar-refractivity contribution in [2.75, 3.05) is 0 Å². The quantitative estimate of drug-likeness (QED) is 0.453. The van der Waals surface area contributed by atoms with E-state index in [0.29, 0.717) is 5.56 Å². The molecule has 5 rings (SSSR count). The molecule has 0 spiro atoms. The summed E-state index contributed by atoms with van der Waals surface area (Å²) in [5.41, 5.74) is 6.64. The molecule has 0 saturated carbocycles. The Morgan fingerprint density at radius 1 is 1.03 bits per heavy atom. The van der Waals surface area contributed by atoms with E-state index in [4.69, 9.17) is 0 Å². The predicted octanol–water partition coefficient (Wildman–Crippen LogP) is 5.50. The molecule has 1 aromatic heterocycles. The summed E-state index contributed by atoms with van der Waals surface area (Å²) in [6, 6.07) is 15.1. The van der Waals surface area contributed by atoms with Crippen molar-refractivity contribution in [3.63, 3.8) is 0 Å². The van der Waals surface area contributed by atoms with Crippen LogP contribution in [0.25, 0.3) is 22.2 Å². The molecule has 0 fully saturated rings. The molecular formula is C24H22ClF2N3. The molecule has 0 amide bonds. The van der Waals surface area contributed by atoms with Gasteiger partial charge in [0.1, 0.15) is 11.6 Å². The van der Waals surface area contributed by atoms with Crippen molar-refractivity contribution in [3.8, 4) is 11.1 Å². The summed E-state index contributed by atoms with van der Waals surface area (Å²) < 4.78 is 29.6. The summed E-state index contributed by atoms with van der Waals surface area (Å²) in [6.45, 7) is 2.09. The number of rotatable bonds is 4. The minimum Gasteiger partial charge on any atom is -0.345 e. The lowest BCUT2D eigenvalue weighted by atomic mass is 9.97. The van der Waals surface area contributed by atoms with Gasteiger partial charge in [-0.1, -0.05) is 30.3 Å². The Labute approximate surface area is 180 Å². The second-order valence-corrected chi connectivity index (χ2v) is 7.71. The number of hydrogen-bond donors (Lipinski definition) is 2. The number of aromatic nitrogens is 2. The Morgan fingerprint density at radius 2 is 1.70 bits per heavy atom. The zero-order valence-electron chi connectivity index (χ0n) is 16.5. The van der Waals surface area contributed by atoms with Gasteiger partial charge < -0.3 is 10.3 Å². The molecule has 0 aliphatic heterocycles. The molecule has 0 saturated heterocycles. The van der Waals surface area contributed by atoms with E-state index in [9.17, 15) is 8.78 Å². The Balaban J connectivity index is 0.00000218. The molecular weight excluding hydrogens is 404 g/mol. The zero-order valence-corrected chi connectivity index (χ0v) is 17.3. The Bertz CT molecular complexity index is 1170. The van der Waals surface area contributed by atoms with Gasteiger partial charge >= 0.3 is 0 Å². The smallest absolute Gasteiger partial charge is 0.131 e. The molecule has 0 atom stereocenters. The van der Waals surface area contributed by atoms with E-state index in [0.717, 1.165) is 35.0 Å². The molecule has 154 valence electrons.